The fourth-order valence-corrected chi connectivity index (χ4v) is 3.25. The minimum absolute atomic E-state index is 0.103. The molecule has 0 saturated heterocycles. The Kier molecular flexibility index (Phi) is 4.01. The van der Waals surface area contributed by atoms with Crippen molar-refractivity contribution in [3.63, 3.8) is 0 Å². The molecule has 0 radical (unpaired) electrons. The van der Waals surface area contributed by atoms with Crippen LogP contribution in [0.5, 0.6) is 5.75 Å². The van der Waals surface area contributed by atoms with E-state index in [1.54, 1.807) is 19.4 Å². The molecule has 26 heavy (non-hydrogen) atoms. The smallest absolute Gasteiger partial charge is 0.191 e. The molecule has 0 aliphatic rings. The SMILES string of the molecule is COc1ccc2c([nH]c3c(C)nccc32)c1C(=O)/C=C/c1ccccc1. The summed E-state index contributed by atoms with van der Waals surface area (Å²) in [7, 11) is 1.58. The van der Waals surface area contributed by atoms with Gasteiger partial charge in [0, 0.05) is 17.0 Å². The van der Waals surface area contributed by atoms with Crippen LogP contribution in [0.2, 0.25) is 0 Å². The molecule has 0 aliphatic heterocycles. The van der Waals surface area contributed by atoms with Crippen LogP contribution in [0, 0.1) is 6.92 Å². The van der Waals surface area contributed by atoms with Crippen LogP contribution in [-0.4, -0.2) is 22.9 Å². The van der Waals surface area contributed by atoms with Crippen molar-refractivity contribution in [2.75, 3.05) is 7.11 Å². The number of pyridine rings is 1. The van der Waals surface area contributed by atoms with Gasteiger partial charge in [0.15, 0.2) is 5.78 Å². The van der Waals surface area contributed by atoms with Crippen LogP contribution in [0.25, 0.3) is 27.9 Å². The van der Waals surface area contributed by atoms with Crippen molar-refractivity contribution in [3.05, 3.63) is 77.6 Å². The van der Waals surface area contributed by atoms with E-state index in [0.29, 0.717) is 11.3 Å². The second-order valence-corrected chi connectivity index (χ2v) is 6.12. The fraction of sp³-hybridized carbons (Fsp3) is 0.0909. The highest BCUT2D eigenvalue weighted by Gasteiger charge is 2.18. The summed E-state index contributed by atoms with van der Waals surface area (Å²) in [5.74, 6) is 0.450. The summed E-state index contributed by atoms with van der Waals surface area (Å²) in [5, 5.41) is 2.04. The van der Waals surface area contributed by atoms with E-state index >= 15 is 0 Å². The number of hydrogen-bond acceptors (Lipinski definition) is 3. The minimum atomic E-state index is -0.103. The summed E-state index contributed by atoms with van der Waals surface area (Å²) >= 11 is 0. The molecule has 4 nitrogen and oxygen atoms in total. The van der Waals surface area contributed by atoms with E-state index in [1.165, 1.54) is 0 Å². The number of aromatic nitrogens is 2. The monoisotopic (exact) mass is 342 g/mol. The van der Waals surface area contributed by atoms with E-state index in [4.69, 9.17) is 4.74 Å². The maximum atomic E-state index is 13.0. The summed E-state index contributed by atoms with van der Waals surface area (Å²) in [6, 6.07) is 15.5. The molecule has 4 rings (SSSR count). The van der Waals surface area contributed by atoms with Gasteiger partial charge in [0.1, 0.15) is 5.75 Å². The Morgan fingerprint density at radius 3 is 2.58 bits per heavy atom. The Balaban J connectivity index is 1.89. The predicted octanol–water partition coefficient (Wildman–Crippen LogP) is 4.93. The number of allylic oxidation sites excluding steroid dienone is 1. The number of carbonyl (C=O) groups excluding carboxylic acids is 1. The summed E-state index contributed by atoms with van der Waals surface area (Å²) in [6.45, 7) is 1.95. The minimum Gasteiger partial charge on any atom is -0.496 e. The molecule has 2 aromatic carbocycles. The largest absolute Gasteiger partial charge is 0.496 e. The quantitative estimate of drug-likeness (QED) is 0.423. The lowest BCUT2D eigenvalue weighted by Gasteiger charge is -2.07. The topological polar surface area (TPSA) is 55.0 Å². The molecule has 0 amide bonds. The number of aromatic amines is 1. The van der Waals surface area contributed by atoms with Gasteiger partial charge in [-0.05, 0) is 36.8 Å². The van der Waals surface area contributed by atoms with E-state index in [9.17, 15) is 4.79 Å². The molecule has 4 aromatic rings. The first-order valence-corrected chi connectivity index (χ1v) is 8.40. The number of rotatable bonds is 4. The number of ether oxygens (including phenoxy) is 1. The predicted molar refractivity (Wildman–Crippen MR) is 105 cm³/mol. The fourth-order valence-electron chi connectivity index (χ4n) is 3.25. The molecule has 0 bridgehead atoms. The van der Waals surface area contributed by atoms with Crippen LogP contribution in [0.1, 0.15) is 21.6 Å². The van der Waals surface area contributed by atoms with Crippen LogP contribution in [0.3, 0.4) is 0 Å². The molecular formula is C22H18N2O2. The number of hydrogen-bond donors (Lipinski definition) is 1. The van der Waals surface area contributed by atoms with Crippen molar-refractivity contribution < 1.29 is 9.53 Å². The van der Waals surface area contributed by atoms with Gasteiger partial charge in [0.05, 0.1) is 29.4 Å². The van der Waals surface area contributed by atoms with Gasteiger partial charge in [-0.2, -0.15) is 0 Å². The average molecular weight is 342 g/mol. The van der Waals surface area contributed by atoms with Crippen LogP contribution in [0.4, 0.5) is 0 Å². The Morgan fingerprint density at radius 2 is 1.81 bits per heavy atom. The lowest BCUT2D eigenvalue weighted by molar-refractivity contribution is 0.104. The van der Waals surface area contributed by atoms with Gasteiger partial charge in [-0.3, -0.25) is 9.78 Å². The lowest BCUT2D eigenvalue weighted by Crippen LogP contribution is -2.00. The first-order valence-electron chi connectivity index (χ1n) is 8.40. The number of benzene rings is 2. The third-order valence-electron chi connectivity index (χ3n) is 4.54. The molecule has 4 heteroatoms. The average Bonchev–Trinajstić information content (AvgIpc) is 3.06. The molecule has 1 N–H and O–H groups in total. The van der Waals surface area contributed by atoms with E-state index in [2.05, 4.69) is 9.97 Å². The number of methoxy groups -OCH3 is 1. The van der Waals surface area contributed by atoms with Gasteiger partial charge in [-0.1, -0.05) is 36.4 Å². The van der Waals surface area contributed by atoms with Crippen LogP contribution in [-0.2, 0) is 0 Å². The maximum absolute atomic E-state index is 13.0. The third-order valence-corrected chi connectivity index (χ3v) is 4.54. The Labute approximate surface area is 151 Å². The molecule has 0 aliphatic carbocycles. The van der Waals surface area contributed by atoms with Crippen LogP contribution in [0.15, 0.2) is 60.8 Å². The van der Waals surface area contributed by atoms with Crippen molar-refractivity contribution in [2.45, 2.75) is 6.92 Å². The van der Waals surface area contributed by atoms with Gasteiger partial charge in [-0.15, -0.1) is 0 Å². The zero-order valence-electron chi connectivity index (χ0n) is 14.6. The van der Waals surface area contributed by atoms with Gasteiger partial charge in [-0.25, -0.2) is 0 Å². The summed E-state index contributed by atoms with van der Waals surface area (Å²) in [6.07, 6.45) is 5.19. The molecule has 0 atom stereocenters. The first-order chi connectivity index (χ1) is 12.7. The van der Waals surface area contributed by atoms with Crippen molar-refractivity contribution in [1.29, 1.82) is 0 Å². The molecule has 2 heterocycles. The molecule has 2 aromatic heterocycles. The number of H-pyrrole nitrogens is 1. The van der Waals surface area contributed by atoms with Crippen molar-refractivity contribution in [3.8, 4) is 5.75 Å². The Bertz CT molecular complexity index is 1140. The maximum Gasteiger partial charge on any atom is 0.191 e. The molecule has 0 saturated carbocycles. The standard InChI is InChI=1S/C22H18N2O2/c1-14-21-17(12-13-23-14)16-9-11-19(26-2)20(22(16)24-21)18(25)10-8-15-6-4-3-5-7-15/h3-13,24H,1-2H3/b10-8+. The Hall–Kier alpha value is -3.40. The van der Waals surface area contributed by atoms with Crippen molar-refractivity contribution in [2.24, 2.45) is 0 Å². The second kappa shape index (κ2) is 6.48. The van der Waals surface area contributed by atoms with Crippen LogP contribution >= 0.6 is 0 Å². The Morgan fingerprint density at radius 1 is 1.04 bits per heavy atom. The number of ketones is 1. The molecule has 0 spiro atoms. The molecule has 0 fully saturated rings. The number of aryl methyl sites for hydroxylation is 1. The summed E-state index contributed by atoms with van der Waals surface area (Å²) < 4.78 is 5.46. The van der Waals surface area contributed by atoms with Gasteiger partial charge in [0.2, 0.25) is 0 Å². The van der Waals surface area contributed by atoms with Gasteiger partial charge in [0.25, 0.3) is 0 Å². The first kappa shape index (κ1) is 16.1. The summed E-state index contributed by atoms with van der Waals surface area (Å²) in [4.78, 5) is 20.7. The number of carbonyl (C=O) groups is 1. The molecule has 0 unspecified atom stereocenters. The van der Waals surface area contributed by atoms with Crippen LogP contribution < -0.4 is 4.74 Å². The highest BCUT2D eigenvalue weighted by Crippen LogP contribution is 2.34. The highest BCUT2D eigenvalue weighted by atomic mass is 16.5. The van der Waals surface area contributed by atoms with E-state index in [-0.39, 0.29) is 5.78 Å². The number of fused-ring (bicyclic) bond motifs is 3. The number of nitrogens with one attached hydrogen (secondary N) is 1. The highest BCUT2D eigenvalue weighted by molar-refractivity contribution is 6.20. The molecule has 128 valence electrons. The van der Waals surface area contributed by atoms with Gasteiger partial charge < -0.3 is 9.72 Å². The lowest BCUT2D eigenvalue weighted by atomic mass is 10.0. The van der Waals surface area contributed by atoms with E-state index in [0.717, 1.165) is 33.1 Å². The molecular weight excluding hydrogens is 324 g/mol. The van der Waals surface area contributed by atoms with E-state index < -0.39 is 0 Å². The zero-order valence-corrected chi connectivity index (χ0v) is 14.6. The summed E-state index contributed by atoms with van der Waals surface area (Å²) in [5.41, 5.74) is 4.13. The van der Waals surface area contributed by atoms with Gasteiger partial charge >= 0.3 is 0 Å². The third kappa shape index (κ3) is 2.65. The zero-order chi connectivity index (χ0) is 18.1. The van der Waals surface area contributed by atoms with Crippen molar-refractivity contribution in [1.82, 2.24) is 9.97 Å². The normalized spacial score (nSPS) is 11.5. The van der Waals surface area contributed by atoms with E-state index in [1.807, 2.05) is 61.5 Å². The van der Waals surface area contributed by atoms with Crippen molar-refractivity contribution >= 4 is 33.7 Å². The number of nitrogens with zero attached hydrogens (tertiary/aromatic N) is 1. The second-order valence-electron chi connectivity index (χ2n) is 6.12.